The third kappa shape index (κ3) is 2.72. The Morgan fingerprint density at radius 3 is 2.72 bits per heavy atom. The van der Waals surface area contributed by atoms with Crippen molar-refractivity contribution >= 4 is 21.6 Å². The molecular formula is C15H22BrNO. The minimum absolute atomic E-state index is 0.173. The second-order valence-electron chi connectivity index (χ2n) is 6.01. The Bertz CT molecular complexity index is 431. The SMILES string of the molecule is Cc1cc(Br)ccc1N1CCC(CO)C(C)(C)C1. The standard InChI is InChI=1S/C15H22BrNO/c1-11-8-13(16)4-5-14(11)17-7-6-12(9-18)15(2,3)10-17/h4-5,8,12,18H,6-7,9-10H2,1-3H3. The van der Waals surface area contributed by atoms with E-state index in [1.165, 1.54) is 11.3 Å². The van der Waals surface area contributed by atoms with Gasteiger partial charge in [-0.25, -0.2) is 0 Å². The molecule has 1 unspecified atom stereocenters. The lowest BCUT2D eigenvalue weighted by molar-refractivity contribution is 0.0972. The lowest BCUT2D eigenvalue weighted by Gasteiger charge is -2.45. The largest absolute Gasteiger partial charge is 0.396 e. The van der Waals surface area contributed by atoms with Crippen molar-refractivity contribution in [1.29, 1.82) is 0 Å². The average molecular weight is 312 g/mol. The number of rotatable bonds is 2. The monoisotopic (exact) mass is 311 g/mol. The first kappa shape index (κ1) is 13.9. The number of aliphatic hydroxyl groups is 1. The molecule has 2 nitrogen and oxygen atoms in total. The van der Waals surface area contributed by atoms with Crippen LogP contribution < -0.4 is 4.90 Å². The second-order valence-corrected chi connectivity index (χ2v) is 6.92. The maximum Gasteiger partial charge on any atom is 0.0465 e. The molecule has 3 heteroatoms. The van der Waals surface area contributed by atoms with Gasteiger partial charge in [-0.1, -0.05) is 29.8 Å². The number of benzene rings is 1. The van der Waals surface area contributed by atoms with E-state index in [9.17, 15) is 5.11 Å². The first-order valence-electron chi connectivity index (χ1n) is 6.56. The predicted molar refractivity (Wildman–Crippen MR) is 80.1 cm³/mol. The summed E-state index contributed by atoms with van der Waals surface area (Å²) in [6.07, 6.45) is 1.07. The topological polar surface area (TPSA) is 23.5 Å². The number of aliphatic hydroxyl groups excluding tert-OH is 1. The van der Waals surface area contributed by atoms with Gasteiger partial charge < -0.3 is 10.0 Å². The highest BCUT2D eigenvalue weighted by Gasteiger charge is 2.35. The summed E-state index contributed by atoms with van der Waals surface area (Å²) in [7, 11) is 0. The summed E-state index contributed by atoms with van der Waals surface area (Å²) in [6, 6.07) is 6.46. The van der Waals surface area contributed by atoms with E-state index in [-0.39, 0.29) is 5.41 Å². The summed E-state index contributed by atoms with van der Waals surface area (Å²) in [5, 5.41) is 9.45. The van der Waals surface area contributed by atoms with Gasteiger partial charge in [0.15, 0.2) is 0 Å². The van der Waals surface area contributed by atoms with E-state index in [0.717, 1.165) is 24.0 Å². The number of piperidine rings is 1. The van der Waals surface area contributed by atoms with Crippen molar-refractivity contribution < 1.29 is 5.11 Å². The normalized spacial score (nSPS) is 23.2. The lowest BCUT2D eigenvalue weighted by Crippen LogP contribution is -2.47. The molecule has 0 amide bonds. The molecule has 0 radical (unpaired) electrons. The fourth-order valence-electron chi connectivity index (χ4n) is 2.92. The van der Waals surface area contributed by atoms with Crippen LogP contribution in [0, 0.1) is 18.3 Å². The van der Waals surface area contributed by atoms with Crippen LogP contribution in [0.1, 0.15) is 25.8 Å². The average Bonchev–Trinajstić information content (AvgIpc) is 2.27. The molecule has 0 aromatic heterocycles. The van der Waals surface area contributed by atoms with Crippen LogP contribution in [0.2, 0.25) is 0 Å². The summed E-state index contributed by atoms with van der Waals surface area (Å²) < 4.78 is 1.13. The van der Waals surface area contributed by atoms with Crippen molar-refractivity contribution in [1.82, 2.24) is 0 Å². The summed E-state index contributed by atoms with van der Waals surface area (Å²) >= 11 is 3.51. The maximum atomic E-state index is 9.45. The molecule has 1 fully saturated rings. The molecule has 18 heavy (non-hydrogen) atoms. The second kappa shape index (κ2) is 5.22. The summed E-state index contributed by atoms with van der Waals surface area (Å²) in [5.41, 5.74) is 2.80. The molecule has 2 rings (SSSR count). The molecule has 1 aliphatic heterocycles. The number of hydrogen-bond donors (Lipinski definition) is 1. The fourth-order valence-corrected chi connectivity index (χ4v) is 3.40. The van der Waals surface area contributed by atoms with E-state index in [4.69, 9.17) is 0 Å². The van der Waals surface area contributed by atoms with Crippen molar-refractivity contribution in [3.63, 3.8) is 0 Å². The van der Waals surface area contributed by atoms with E-state index >= 15 is 0 Å². The maximum absolute atomic E-state index is 9.45. The van der Waals surface area contributed by atoms with Crippen molar-refractivity contribution in [3.8, 4) is 0 Å². The molecule has 0 bridgehead atoms. The summed E-state index contributed by atoms with van der Waals surface area (Å²) in [4.78, 5) is 2.45. The molecule has 1 aromatic rings. The number of hydrogen-bond acceptors (Lipinski definition) is 2. The van der Waals surface area contributed by atoms with E-state index in [0.29, 0.717) is 12.5 Å². The molecule has 1 saturated heterocycles. The van der Waals surface area contributed by atoms with Gasteiger partial charge in [0, 0.05) is 29.9 Å². The molecule has 1 aliphatic rings. The third-order valence-electron chi connectivity index (χ3n) is 4.17. The van der Waals surface area contributed by atoms with E-state index in [1.807, 2.05) is 0 Å². The number of halogens is 1. The Morgan fingerprint density at radius 1 is 1.44 bits per heavy atom. The number of anilines is 1. The van der Waals surface area contributed by atoms with Gasteiger partial charge in [-0.05, 0) is 48.4 Å². The highest BCUT2D eigenvalue weighted by atomic mass is 79.9. The smallest absolute Gasteiger partial charge is 0.0465 e. The van der Waals surface area contributed by atoms with Crippen LogP contribution in [0.3, 0.4) is 0 Å². The van der Waals surface area contributed by atoms with Gasteiger partial charge in [0.05, 0.1) is 0 Å². The predicted octanol–water partition coefficient (Wildman–Crippen LogP) is 3.60. The molecule has 100 valence electrons. The van der Waals surface area contributed by atoms with E-state index in [2.05, 4.69) is 59.8 Å². The molecule has 1 aromatic carbocycles. The number of nitrogens with zero attached hydrogens (tertiary/aromatic N) is 1. The van der Waals surface area contributed by atoms with Crippen LogP contribution in [0.15, 0.2) is 22.7 Å². The van der Waals surface area contributed by atoms with Crippen molar-refractivity contribution in [3.05, 3.63) is 28.2 Å². The zero-order chi connectivity index (χ0) is 13.3. The zero-order valence-electron chi connectivity index (χ0n) is 11.4. The molecule has 1 atom stereocenters. The number of aryl methyl sites for hydroxylation is 1. The summed E-state index contributed by atoms with van der Waals surface area (Å²) in [5.74, 6) is 0.421. The van der Waals surface area contributed by atoms with Gasteiger partial charge in [0.2, 0.25) is 0 Å². The van der Waals surface area contributed by atoms with Gasteiger partial charge in [-0.2, -0.15) is 0 Å². The zero-order valence-corrected chi connectivity index (χ0v) is 13.0. The van der Waals surface area contributed by atoms with Gasteiger partial charge in [0.25, 0.3) is 0 Å². The van der Waals surface area contributed by atoms with Crippen molar-refractivity contribution in [2.75, 3.05) is 24.6 Å². The Kier molecular flexibility index (Phi) is 4.02. The minimum Gasteiger partial charge on any atom is -0.396 e. The van der Waals surface area contributed by atoms with Crippen LogP contribution in [0.25, 0.3) is 0 Å². The first-order valence-corrected chi connectivity index (χ1v) is 7.35. The van der Waals surface area contributed by atoms with E-state index in [1.54, 1.807) is 0 Å². The Morgan fingerprint density at radius 2 is 2.17 bits per heavy atom. The van der Waals surface area contributed by atoms with Gasteiger partial charge in [-0.3, -0.25) is 0 Å². The molecule has 1 N–H and O–H groups in total. The van der Waals surface area contributed by atoms with Gasteiger partial charge in [0.1, 0.15) is 0 Å². The van der Waals surface area contributed by atoms with Crippen molar-refractivity contribution in [2.45, 2.75) is 27.2 Å². The highest BCUT2D eigenvalue weighted by molar-refractivity contribution is 9.10. The summed E-state index contributed by atoms with van der Waals surface area (Å²) in [6.45, 7) is 9.03. The van der Waals surface area contributed by atoms with E-state index < -0.39 is 0 Å². The Hall–Kier alpha value is -0.540. The van der Waals surface area contributed by atoms with Gasteiger partial charge in [-0.15, -0.1) is 0 Å². The Balaban J connectivity index is 2.21. The minimum atomic E-state index is 0.173. The molecule has 1 heterocycles. The van der Waals surface area contributed by atoms with Crippen LogP contribution in [-0.2, 0) is 0 Å². The van der Waals surface area contributed by atoms with Crippen LogP contribution in [-0.4, -0.2) is 24.8 Å². The highest BCUT2D eigenvalue weighted by Crippen LogP contribution is 2.37. The van der Waals surface area contributed by atoms with Crippen molar-refractivity contribution in [2.24, 2.45) is 11.3 Å². The third-order valence-corrected chi connectivity index (χ3v) is 4.66. The first-order chi connectivity index (χ1) is 8.44. The van der Waals surface area contributed by atoms with Gasteiger partial charge >= 0.3 is 0 Å². The molecule has 0 spiro atoms. The van der Waals surface area contributed by atoms with Crippen LogP contribution in [0.4, 0.5) is 5.69 Å². The molecule has 0 aliphatic carbocycles. The fraction of sp³-hybridized carbons (Fsp3) is 0.600. The molecular weight excluding hydrogens is 290 g/mol. The van der Waals surface area contributed by atoms with Crippen LogP contribution in [0.5, 0.6) is 0 Å². The molecule has 0 saturated carbocycles. The Labute approximate surface area is 118 Å². The van der Waals surface area contributed by atoms with Crippen LogP contribution >= 0.6 is 15.9 Å². The quantitative estimate of drug-likeness (QED) is 0.902. The lowest BCUT2D eigenvalue weighted by atomic mass is 9.74.